The van der Waals surface area contributed by atoms with Gasteiger partial charge in [0.25, 0.3) is 5.56 Å². The van der Waals surface area contributed by atoms with Gasteiger partial charge in [0, 0.05) is 18.8 Å². The van der Waals surface area contributed by atoms with Crippen LogP contribution in [0.2, 0.25) is 0 Å². The number of amides is 2. The first kappa shape index (κ1) is 17.7. The minimum absolute atomic E-state index is 0.224. The molecular formula is C20H20N4O4. The lowest BCUT2D eigenvalue weighted by Crippen LogP contribution is -2.25. The Morgan fingerprint density at radius 1 is 1.00 bits per heavy atom. The zero-order valence-corrected chi connectivity index (χ0v) is 15.6. The molecule has 0 saturated carbocycles. The van der Waals surface area contributed by atoms with E-state index < -0.39 is 6.03 Å². The van der Waals surface area contributed by atoms with Crippen molar-refractivity contribution in [2.24, 2.45) is 7.05 Å². The standard InChI is InChI=1S/C20H20N4O4/c1-13-18(19(25)24(23(13)2)15-6-4-3-5-7-15)22-20(26)21-14-8-9-16-17(12-14)28-11-10-27-16/h3-9,12H,10-11H2,1-2H3,(H2,21,22,26). The van der Waals surface area contributed by atoms with Gasteiger partial charge in [-0.1, -0.05) is 18.2 Å². The number of ether oxygens (including phenoxy) is 2. The van der Waals surface area contributed by atoms with Crippen molar-refractivity contribution in [3.63, 3.8) is 0 Å². The fourth-order valence-electron chi connectivity index (χ4n) is 3.11. The molecule has 0 aliphatic carbocycles. The zero-order chi connectivity index (χ0) is 19.7. The molecule has 2 amide bonds. The average Bonchev–Trinajstić information content (AvgIpc) is 2.92. The number of hydrogen-bond acceptors (Lipinski definition) is 4. The highest BCUT2D eigenvalue weighted by Gasteiger charge is 2.19. The van der Waals surface area contributed by atoms with E-state index in [4.69, 9.17) is 9.47 Å². The van der Waals surface area contributed by atoms with Gasteiger partial charge >= 0.3 is 6.03 Å². The molecule has 0 spiro atoms. The van der Waals surface area contributed by atoms with Crippen LogP contribution in [-0.4, -0.2) is 28.6 Å². The van der Waals surface area contributed by atoms with E-state index in [-0.39, 0.29) is 11.2 Å². The molecule has 2 heterocycles. The van der Waals surface area contributed by atoms with Crippen LogP contribution in [0.15, 0.2) is 53.3 Å². The Balaban J connectivity index is 1.56. The average molecular weight is 380 g/mol. The smallest absolute Gasteiger partial charge is 0.323 e. The first-order valence-corrected chi connectivity index (χ1v) is 8.86. The molecule has 144 valence electrons. The van der Waals surface area contributed by atoms with Gasteiger partial charge < -0.3 is 20.1 Å². The van der Waals surface area contributed by atoms with Crippen LogP contribution >= 0.6 is 0 Å². The fourth-order valence-corrected chi connectivity index (χ4v) is 3.11. The number of nitrogens with zero attached hydrogens (tertiary/aromatic N) is 2. The number of urea groups is 1. The van der Waals surface area contributed by atoms with Gasteiger partial charge in [0.15, 0.2) is 11.5 Å². The second-order valence-electron chi connectivity index (χ2n) is 6.37. The summed E-state index contributed by atoms with van der Waals surface area (Å²) in [5, 5.41) is 5.38. The highest BCUT2D eigenvalue weighted by atomic mass is 16.6. The van der Waals surface area contributed by atoms with Crippen LogP contribution in [0.1, 0.15) is 5.69 Å². The van der Waals surface area contributed by atoms with Crippen molar-refractivity contribution >= 4 is 17.4 Å². The number of fused-ring (bicyclic) bond motifs is 1. The minimum Gasteiger partial charge on any atom is -0.486 e. The van der Waals surface area contributed by atoms with Crippen molar-refractivity contribution in [2.75, 3.05) is 23.8 Å². The second kappa shape index (κ2) is 7.15. The zero-order valence-electron chi connectivity index (χ0n) is 15.6. The summed E-state index contributed by atoms with van der Waals surface area (Å²) in [7, 11) is 1.77. The summed E-state index contributed by atoms with van der Waals surface area (Å²) in [4.78, 5) is 25.3. The van der Waals surface area contributed by atoms with Gasteiger partial charge in [-0.15, -0.1) is 0 Å². The molecule has 1 aliphatic rings. The van der Waals surface area contributed by atoms with Crippen molar-refractivity contribution in [3.05, 3.63) is 64.6 Å². The molecule has 0 fully saturated rings. The Hall–Kier alpha value is -3.68. The topological polar surface area (TPSA) is 86.5 Å². The van der Waals surface area contributed by atoms with E-state index in [1.165, 1.54) is 4.68 Å². The molecule has 1 aromatic heterocycles. The number of nitrogens with one attached hydrogen (secondary N) is 2. The van der Waals surface area contributed by atoms with Crippen LogP contribution in [0.5, 0.6) is 11.5 Å². The summed E-state index contributed by atoms with van der Waals surface area (Å²) >= 11 is 0. The van der Waals surface area contributed by atoms with Gasteiger partial charge in [-0.2, -0.15) is 0 Å². The SMILES string of the molecule is Cc1c(NC(=O)Nc2ccc3c(c2)OCCO3)c(=O)n(-c2ccccc2)n1C. The quantitative estimate of drug-likeness (QED) is 0.732. The number of carbonyl (C=O) groups excluding carboxylic acids is 1. The predicted octanol–water partition coefficient (Wildman–Crippen LogP) is 2.90. The molecule has 0 bridgehead atoms. The molecule has 1 aliphatic heterocycles. The summed E-state index contributed by atoms with van der Waals surface area (Å²) < 4.78 is 14.2. The summed E-state index contributed by atoms with van der Waals surface area (Å²) in [6.45, 7) is 2.74. The van der Waals surface area contributed by atoms with Crippen molar-refractivity contribution in [1.82, 2.24) is 9.36 Å². The molecule has 2 aromatic carbocycles. The Bertz CT molecular complexity index is 1090. The summed E-state index contributed by atoms with van der Waals surface area (Å²) in [6, 6.07) is 13.9. The maximum Gasteiger partial charge on any atom is 0.323 e. The van der Waals surface area contributed by atoms with E-state index in [2.05, 4.69) is 10.6 Å². The van der Waals surface area contributed by atoms with Crippen molar-refractivity contribution < 1.29 is 14.3 Å². The van der Waals surface area contributed by atoms with Gasteiger partial charge in [-0.3, -0.25) is 9.48 Å². The van der Waals surface area contributed by atoms with Crippen LogP contribution in [0.4, 0.5) is 16.2 Å². The van der Waals surface area contributed by atoms with E-state index in [1.807, 2.05) is 30.3 Å². The van der Waals surface area contributed by atoms with Crippen LogP contribution < -0.4 is 25.7 Å². The minimum atomic E-state index is -0.511. The third-order valence-corrected chi connectivity index (χ3v) is 4.59. The number of aromatic nitrogens is 2. The van der Waals surface area contributed by atoms with Gasteiger partial charge in [-0.05, 0) is 31.2 Å². The fraction of sp³-hybridized carbons (Fsp3) is 0.200. The van der Waals surface area contributed by atoms with E-state index in [1.54, 1.807) is 36.9 Å². The molecule has 8 nitrogen and oxygen atoms in total. The molecule has 0 atom stereocenters. The number of hydrogen-bond donors (Lipinski definition) is 2. The van der Waals surface area contributed by atoms with Gasteiger partial charge in [0.1, 0.15) is 18.9 Å². The Morgan fingerprint density at radius 2 is 1.71 bits per heavy atom. The predicted molar refractivity (Wildman–Crippen MR) is 106 cm³/mol. The van der Waals surface area contributed by atoms with Crippen LogP contribution in [0.3, 0.4) is 0 Å². The van der Waals surface area contributed by atoms with Crippen molar-refractivity contribution in [2.45, 2.75) is 6.92 Å². The van der Waals surface area contributed by atoms with E-state index in [0.29, 0.717) is 36.1 Å². The molecular weight excluding hydrogens is 360 g/mol. The van der Waals surface area contributed by atoms with Gasteiger partial charge in [-0.25, -0.2) is 9.48 Å². The molecule has 3 aromatic rings. The number of anilines is 2. The maximum atomic E-state index is 12.9. The molecule has 2 N–H and O–H groups in total. The first-order chi connectivity index (χ1) is 13.5. The Morgan fingerprint density at radius 3 is 2.46 bits per heavy atom. The maximum absolute atomic E-state index is 12.9. The summed E-state index contributed by atoms with van der Waals surface area (Å²) in [5.41, 5.74) is 1.83. The highest BCUT2D eigenvalue weighted by Crippen LogP contribution is 2.32. The van der Waals surface area contributed by atoms with E-state index in [0.717, 1.165) is 5.69 Å². The Kier molecular flexibility index (Phi) is 4.52. The largest absolute Gasteiger partial charge is 0.486 e. The summed E-state index contributed by atoms with van der Waals surface area (Å²) in [6.07, 6.45) is 0. The third kappa shape index (κ3) is 3.20. The van der Waals surface area contributed by atoms with Crippen LogP contribution in [0.25, 0.3) is 5.69 Å². The second-order valence-corrected chi connectivity index (χ2v) is 6.37. The lowest BCUT2D eigenvalue weighted by Gasteiger charge is -2.19. The monoisotopic (exact) mass is 380 g/mol. The molecule has 4 rings (SSSR count). The van der Waals surface area contributed by atoms with Crippen LogP contribution in [0, 0.1) is 6.92 Å². The third-order valence-electron chi connectivity index (χ3n) is 4.59. The molecule has 0 radical (unpaired) electrons. The van der Waals surface area contributed by atoms with Gasteiger partial charge in [0.2, 0.25) is 0 Å². The van der Waals surface area contributed by atoms with E-state index in [9.17, 15) is 9.59 Å². The normalized spacial score (nSPS) is 12.5. The van der Waals surface area contributed by atoms with Crippen molar-refractivity contribution in [1.29, 1.82) is 0 Å². The number of rotatable bonds is 3. The summed E-state index contributed by atoms with van der Waals surface area (Å²) in [5.74, 6) is 1.22. The number of para-hydroxylation sites is 1. The van der Waals surface area contributed by atoms with Crippen molar-refractivity contribution in [3.8, 4) is 17.2 Å². The molecule has 0 unspecified atom stereocenters. The van der Waals surface area contributed by atoms with E-state index >= 15 is 0 Å². The molecule has 28 heavy (non-hydrogen) atoms. The Labute approximate surface area is 161 Å². The lowest BCUT2D eigenvalue weighted by atomic mass is 10.2. The number of benzene rings is 2. The first-order valence-electron chi connectivity index (χ1n) is 8.86. The molecule has 0 saturated heterocycles. The molecule has 8 heteroatoms. The van der Waals surface area contributed by atoms with Crippen LogP contribution in [-0.2, 0) is 7.05 Å². The highest BCUT2D eigenvalue weighted by molar-refractivity contribution is 6.00. The lowest BCUT2D eigenvalue weighted by molar-refractivity contribution is 0.171. The van der Waals surface area contributed by atoms with Gasteiger partial charge in [0.05, 0.1) is 11.4 Å². The number of carbonyl (C=O) groups is 1.